The first-order chi connectivity index (χ1) is 10.1. The number of halogens is 1. The molecule has 0 aliphatic carbocycles. The van der Waals surface area contributed by atoms with Gasteiger partial charge in [-0.1, -0.05) is 52.0 Å². The normalized spacial score (nSPS) is 12.5. The van der Waals surface area contributed by atoms with Gasteiger partial charge in [-0.25, -0.2) is 9.97 Å². The minimum absolute atomic E-state index is 0.0123. The molecular formula is C16H14BrN3S. The van der Waals surface area contributed by atoms with E-state index in [0.29, 0.717) is 0 Å². The van der Waals surface area contributed by atoms with E-state index in [1.165, 1.54) is 0 Å². The molecule has 21 heavy (non-hydrogen) atoms. The summed E-state index contributed by atoms with van der Waals surface area (Å²) in [6.07, 6.45) is 1.61. The zero-order valence-corrected chi connectivity index (χ0v) is 13.9. The number of nitrogens with two attached hydrogens (primary N) is 1. The Morgan fingerprint density at radius 3 is 2.71 bits per heavy atom. The largest absolute Gasteiger partial charge is 0.324 e. The van der Waals surface area contributed by atoms with Crippen LogP contribution in [0.15, 0.2) is 63.2 Å². The molecule has 3 nitrogen and oxygen atoms in total. The van der Waals surface area contributed by atoms with Gasteiger partial charge in [0.1, 0.15) is 11.4 Å². The van der Waals surface area contributed by atoms with E-state index in [0.717, 1.165) is 30.9 Å². The zero-order valence-electron chi connectivity index (χ0n) is 11.5. The summed E-state index contributed by atoms with van der Waals surface area (Å²) >= 11 is 5.21. The number of hydrogen-bond donors (Lipinski definition) is 1. The molecule has 5 heteroatoms. The summed E-state index contributed by atoms with van der Waals surface area (Å²) in [5.41, 5.74) is 8.00. The highest BCUT2D eigenvalue weighted by Crippen LogP contribution is 2.34. The minimum Gasteiger partial charge on any atom is -0.324 e. The van der Waals surface area contributed by atoms with Crippen LogP contribution in [0.1, 0.15) is 18.5 Å². The predicted molar refractivity (Wildman–Crippen MR) is 90.4 cm³/mol. The fraction of sp³-hybridized carbons (Fsp3) is 0.125. The van der Waals surface area contributed by atoms with Crippen molar-refractivity contribution < 1.29 is 0 Å². The number of para-hydroxylation sites is 1. The molecule has 0 spiro atoms. The first-order valence-electron chi connectivity index (χ1n) is 6.58. The Morgan fingerprint density at radius 2 is 1.95 bits per heavy atom. The highest BCUT2D eigenvalue weighted by Gasteiger charge is 2.09. The molecule has 3 rings (SSSR count). The number of aromatic nitrogens is 2. The van der Waals surface area contributed by atoms with E-state index in [9.17, 15) is 0 Å². The maximum absolute atomic E-state index is 5.93. The van der Waals surface area contributed by atoms with Crippen molar-refractivity contribution in [2.24, 2.45) is 5.73 Å². The molecule has 2 aromatic carbocycles. The Labute approximate surface area is 136 Å². The van der Waals surface area contributed by atoms with Crippen molar-refractivity contribution in [3.05, 3.63) is 58.8 Å². The van der Waals surface area contributed by atoms with E-state index in [1.54, 1.807) is 18.1 Å². The minimum atomic E-state index is 0.0123. The summed E-state index contributed by atoms with van der Waals surface area (Å²) in [5.74, 6) is 0. The lowest BCUT2D eigenvalue weighted by atomic mass is 10.1. The number of rotatable bonds is 3. The Morgan fingerprint density at radius 1 is 1.14 bits per heavy atom. The number of fused-ring (bicyclic) bond motifs is 1. The van der Waals surface area contributed by atoms with Crippen LogP contribution in [-0.2, 0) is 0 Å². The van der Waals surface area contributed by atoms with Crippen LogP contribution in [0, 0.1) is 0 Å². The van der Waals surface area contributed by atoms with Gasteiger partial charge in [-0.3, -0.25) is 0 Å². The Bertz CT molecular complexity index is 784. The van der Waals surface area contributed by atoms with Crippen LogP contribution in [0.4, 0.5) is 0 Å². The Kier molecular flexibility index (Phi) is 4.24. The van der Waals surface area contributed by atoms with Crippen molar-refractivity contribution in [2.45, 2.75) is 22.9 Å². The van der Waals surface area contributed by atoms with E-state index in [2.05, 4.69) is 44.1 Å². The number of nitrogens with zero attached hydrogens (tertiary/aromatic N) is 2. The third-order valence-corrected chi connectivity index (χ3v) is 4.88. The highest BCUT2D eigenvalue weighted by atomic mass is 79.9. The van der Waals surface area contributed by atoms with Crippen molar-refractivity contribution in [1.82, 2.24) is 9.97 Å². The molecule has 106 valence electrons. The number of benzene rings is 2. The van der Waals surface area contributed by atoms with Gasteiger partial charge in [0.2, 0.25) is 0 Å². The summed E-state index contributed by atoms with van der Waals surface area (Å²) in [6.45, 7) is 1.98. The topological polar surface area (TPSA) is 51.8 Å². The van der Waals surface area contributed by atoms with Gasteiger partial charge in [0.25, 0.3) is 0 Å². The standard InChI is InChI=1S/C16H14BrN3S/c1-10(18)12-7-6-11(8-14(12)17)21-16-13-4-2-3-5-15(13)19-9-20-16/h2-10H,18H2,1H3. The molecular weight excluding hydrogens is 346 g/mol. The molecule has 0 amide bonds. The van der Waals surface area contributed by atoms with Gasteiger partial charge in [0.15, 0.2) is 0 Å². The van der Waals surface area contributed by atoms with Crippen LogP contribution >= 0.6 is 27.7 Å². The summed E-state index contributed by atoms with van der Waals surface area (Å²) in [5, 5.41) is 2.03. The van der Waals surface area contributed by atoms with Gasteiger partial charge in [0.05, 0.1) is 5.52 Å². The maximum Gasteiger partial charge on any atom is 0.117 e. The molecule has 0 fully saturated rings. The molecule has 0 saturated heterocycles. The van der Waals surface area contributed by atoms with Gasteiger partial charge in [-0.2, -0.15) is 0 Å². The molecule has 1 unspecified atom stereocenters. The van der Waals surface area contributed by atoms with Crippen LogP contribution in [0.5, 0.6) is 0 Å². The second-order valence-electron chi connectivity index (χ2n) is 4.77. The Balaban J connectivity index is 1.97. The molecule has 3 aromatic rings. The third kappa shape index (κ3) is 3.10. The second kappa shape index (κ2) is 6.13. The fourth-order valence-corrected chi connectivity index (χ4v) is 3.92. The molecule has 1 atom stereocenters. The molecule has 0 radical (unpaired) electrons. The Hall–Kier alpha value is -1.43. The van der Waals surface area contributed by atoms with Crippen LogP contribution in [-0.4, -0.2) is 9.97 Å². The van der Waals surface area contributed by atoms with Crippen molar-refractivity contribution >= 4 is 38.6 Å². The monoisotopic (exact) mass is 359 g/mol. The van der Waals surface area contributed by atoms with E-state index in [-0.39, 0.29) is 6.04 Å². The number of hydrogen-bond acceptors (Lipinski definition) is 4. The highest BCUT2D eigenvalue weighted by molar-refractivity contribution is 9.10. The molecule has 0 bridgehead atoms. The van der Waals surface area contributed by atoms with Crippen LogP contribution in [0.25, 0.3) is 10.9 Å². The third-order valence-electron chi connectivity index (χ3n) is 3.18. The second-order valence-corrected chi connectivity index (χ2v) is 6.69. The average Bonchev–Trinajstić information content (AvgIpc) is 2.47. The van der Waals surface area contributed by atoms with Crippen molar-refractivity contribution in [2.75, 3.05) is 0 Å². The lowest BCUT2D eigenvalue weighted by molar-refractivity contribution is 0.811. The fourth-order valence-electron chi connectivity index (χ4n) is 2.11. The molecule has 0 aliphatic heterocycles. The van der Waals surface area contributed by atoms with E-state index in [1.807, 2.05) is 31.2 Å². The van der Waals surface area contributed by atoms with Crippen molar-refractivity contribution in [3.63, 3.8) is 0 Å². The molecule has 0 aliphatic rings. The molecule has 1 heterocycles. The van der Waals surface area contributed by atoms with Gasteiger partial charge in [0, 0.05) is 20.8 Å². The van der Waals surface area contributed by atoms with Gasteiger partial charge in [-0.05, 0) is 30.7 Å². The zero-order chi connectivity index (χ0) is 14.8. The first-order valence-corrected chi connectivity index (χ1v) is 8.19. The molecule has 1 aromatic heterocycles. The molecule has 0 saturated carbocycles. The van der Waals surface area contributed by atoms with Gasteiger partial charge >= 0.3 is 0 Å². The van der Waals surface area contributed by atoms with Gasteiger partial charge < -0.3 is 5.73 Å². The summed E-state index contributed by atoms with van der Waals surface area (Å²) in [6, 6.07) is 14.3. The van der Waals surface area contributed by atoms with Gasteiger partial charge in [-0.15, -0.1) is 0 Å². The predicted octanol–water partition coefficient (Wildman–Crippen LogP) is 4.56. The smallest absolute Gasteiger partial charge is 0.117 e. The van der Waals surface area contributed by atoms with Crippen LogP contribution in [0.2, 0.25) is 0 Å². The maximum atomic E-state index is 5.93. The SMILES string of the molecule is CC(N)c1ccc(Sc2ncnc3ccccc23)cc1Br. The van der Waals surface area contributed by atoms with Crippen molar-refractivity contribution in [1.29, 1.82) is 0 Å². The van der Waals surface area contributed by atoms with Crippen LogP contribution in [0.3, 0.4) is 0 Å². The van der Waals surface area contributed by atoms with Crippen LogP contribution < -0.4 is 5.73 Å². The lowest BCUT2D eigenvalue weighted by Gasteiger charge is -2.10. The summed E-state index contributed by atoms with van der Waals surface area (Å²) in [7, 11) is 0. The van der Waals surface area contributed by atoms with E-state index in [4.69, 9.17) is 5.73 Å². The average molecular weight is 360 g/mol. The van der Waals surface area contributed by atoms with E-state index >= 15 is 0 Å². The summed E-state index contributed by atoms with van der Waals surface area (Å²) < 4.78 is 1.03. The first kappa shape index (κ1) is 14.5. The lowest BCUT2D eigenvalue weighted by Crippen LogP contribution is -2.05. The quantitative estimate of drug-likeness (QED) is 0.696. The van der Waals surface area contributed by atoms with Crippen molar-refractivity contribution in [3.8, 4) is 0 Å². The molecule has 2 N–H and O–H groups in total. The van der Waals surface area contributed by atoms with E-state index < -0.39 is 0 Å². The summed E-state index contributed by atoms with van der Waals surface area (Å²) in [4.78, 5) is 9.81.